The fraction of sp³-hybridized carbons (Fsp3) is 0.133. The summed E-state index contributed by atoms with van der Waals surface area (Å²) in [5, 5.41) is 29.6. The lowest BCUT2D eigenvalue weighted by molar-refractivity contribution is -0.385. The molecule has 7 heteroatoms. The number of phenols is 1. The minimum Gasteiger partial charge on any atom is -0.502 e. The minimum atomic E-state index is -1.04. The Morgan fingerprint density at radius 3 is 2.41 bits per heavy atom. The van der Waals surface area contributed by atoms with E-state index in [0.717, 1.165) is 0 Å². The molecular formula is C15H14N2O5. The topological polar surface area (TPSA) is 127 Å². The molecule has 4 N–H and O–H groups in total. The van der Waals surface area contributed by atoms with Crippen molar-refractivity contribution in [3.8, 4) is 5.75 Å². The lowest BCUT2D eigenvalue weighted by Crippen LogP contribution is -2.14. The summed E-state index contributed by atoms with van der Waals surface area (Å²) in [5.74, 6) is -2.35. The fourth-order valence-corrected chi connectivity index (χ4v) is 2.15. The Morgan fingerprint density at radius 2 is 1.86 bits per heavy atom. The third kappa shape index (κ3) is 3.32. The van der Waals surface area contributed by atoms with Crippen LogP contribution in [0.15, 0.2) is 42.5 Å². The second-order valence-corrected chi connectivity index (χ2v) is 4.84. The summed E-state index contributed by atoms with van der Waals surface area (Å²) in [6.45, 7) is 0. The number of benzene rings is 2. The molecule has 0 saturated heterocycles. The zero-order chi connectivity index (χ0) is 16.3. The molecule has 2 rings (SSSR count). The van der Waals surface area contributed by atoms with Gasteiger partial charge in [-0.05, 0) is 35.7 Å². The van der Waals surface area contributed by atoms with Gasteiger partial charge in [-0.25, -0.2) is 0 Å². The third-order valence-electron chi connectivity index (χ3n) is 3.31. The maximum Gasteiger partial charge on any atom is 0.311 e. The van der Waals surface area contributed by atoms with Crippen LogP contribution >= 0.6 is 0 Å². The zero-order valence-electron chi connectivity index (χ0n) is 11.5. The Kier molecular flexibility index (Phi) is 4.26. The summed E-state index contributed by atoms with van der Waals surface area (Å²) in [6, 6.07) is 10.3. The van der Waals surface area contributed by atoms with Crippen LogP contribution in [0.25, 0.3) is 0 Å². The van der Waals surface area contributed by atoms with Gasteiger partial charge in [-0.3, -0.25) is 14.9 Å². The summed E-state index contributed by atoms with van der Waals surface area (Å²) in [6.07, 6.45) is 0.0698. The van der Waals surface area contributed by atoms with Gasteiger partial charge in [-0.15, -0.1) is 0 Å². The number of nitrogens with zero attached hydrogens (tertiary/aromatic N) is 1. The average Bonchev–Trinajstić information content (AvgIpc) is 2.47. The van der Waals surface area contributed by atoms with Crippen LogP contribution in [0.5, 0.6) is 5.75 Å². The normalized spacial score (nSPS) is 11.8. The standard InChI is InChI=1S/C15H14N2O5/c16-11-4-2-10(3-5-11)12(15(19)20)7-9-1-6-14(18)13(8-9)17(21)22/h1-6,8,12,18H,7,16H2,(H,19,20). The molecule has 0 saturated carbocycles. The minimum absolute atomic E-state index is 0.0698. The van der Waals surface area contributed by atoms with Crippen LogP contribution < -0.4 is 5.73 Å². The number of nitrogen functional groups attached to an aromatic ring is 1. The number of nitrogens with two attached hydrogens (primary N) is 1. The van der Waals surface area contributed by atoms with E-state index in [-0.39, 0.29) is 6.42 Å². The Labute approximate surface area is 125 Å². The molecule has 114 valence electrons. The van der Waals surface area contributed by atoms with Crippen molar-refractivity contribution in [2.75, 3.05) is 5.73 Å². The number of hydrogen-bond acceptors (Lipinski definition) is 5. The summed E-state index contributed by atoms with van der Waals surface area (Å²) in [5.41, 5.74) is 6.66. The predicted octanol–water partition coefficient (Wildman–Crippen LogP) is 2.29. The highest BCUT2D eigenvalue weighted by atomic mass is 16.6. The monoisotopic (exact) mass is 302 g/mol. The number of nitro groups is 1. The quantitative estimate of drug-likeness (QED) is 0.442. The van der Waals surface area contributed by atoms with Gasteiger partial charge >= 0.3 is 11.7 Å². The van der Waals surface area contributed by atoms with E-state index in [9.17, 15) is 25.1 Å². The number of nitro benzene ring substituents is 1. The Balaban J connectivity index is 2.32. The van der Waals surface area contributed by atoms with Gasteiger partial charge in [-0.2, -0.15) is 0 Å². The number of hydrogen-bond donors (Lipinski definition) is 3. The molecule has 2 aromatic carbocycles. The number of carbonyl (C=O) groups is 1. The van der Waals surface area contributed by atoms with Gasteiger partial charge in [0.1, 0.15) is 0 Å². The van der Waals surface area contributed by atoms with Crippen LogP contribution in [-0.2, 0) is 11.2 Å². The second kappa shape index (κ2) is 6.13. The molecule has 0 spiro atoms. The van der Waals surface area contributed by atoms with E-state index in [1.807, 2.05) is 0 Å². The smallest absolute Gasteiger partial charge is 0.311 e. The SMILES string of the molecule is Nc1ccc(C(Cc2ccc(O)c([N+](=O)[O-])c2)C(=O)O)cc1. The fourth-order valence-electron chi connectivity index (χ4n) is 2.15. The van der Waals surface area contributed by atoms with E-state index in [4.69, 9.17) is 5.73 Å². The molecule has 7 nitrogen and oxygen atoms in total. The third-order valence-corrected chi connectivity index (χ3v) is 3.31. The summed E-state index contributed by atoms with van der Waals surface area (Å²) in [4.78, 5) is 21.6. The van der Waals surface area contributed by atoms with E-state index in [2.05, 4.69) is 0 Å². The van der Waals surface area contributed by atoms with Crippen molar-refractivity contribution in [2.45, 2.75) is 12.3 Å². The molecule has 0 heterocycles. The molecule has 0 fully saturated rings. The van der Waals surface area contributed by atoms with E-state index >= 15 is 0 Å². The van der Waals surface area contributed by atoms with E-state index in [1.165, 1.54) is 18.2 Å². The van der Waals surface area contributed by atoms with Crippen molar-refractivity contribution in [2.24, 2.45) is 0 Å². The van der Waals surface area contributed by atoms with Gasteiger partial charge in [0.25, 0.3) is 0 Å². The average molecular weight is 302 g/mol. The first kappa shape index (κ1) is 15.3. The first-order valence-electron chi connectivity index (χ1n) is 6.43. The highest BCUT2D eigenvalue weighted by Gasteiger charge is 2.22. The van der Waals surface area contributed by atoms with Crippen LogP contribution in [0.3, 0.4) is 0 Å². The van der Waals surface area contributed by atoms with Crippen LogP contribution in [0, 0.1) is 10.1 Å². The number of phenolic OH excluding ortho intramolecular Hbond substituents is 1. The number of anilines is 1. The number of aromatic hydroxyl groups is 1. The van der Waals surface area contributed by atoms with Gasteiger partial charge in [0.15, 0.2) is 5.75 Å². The first-order chi connectivity index (χ1) is 10.4. The predicted molar refractivity (Wildman–Crippen MR) is 79.7 cm³/mol. The molecular weight excluding hydrogens is 288 g/mol. The number of carboxylic acids is 1. The first-order valence-corrected chi connectivity index (χ1v) is 6.43. The molecule has 0 aliphatic heterocycles. The highest BCUT2D eigenvalue weighted by molar-refractivity contribution is 5.76. The number of carboxylic acid groups (broad SMARTS) is 1. The van der Waals surface area contributed by atoms with E-state index in [1.54, 1.807) is 24.3 Å². The largest absolute Gasteiger partial charge is 0.502 e. The molecule has 1 unspecified atom stereocenters. The second-order valence-electron chi connectivity index (χ2n) is 4.84. The van der Waals surface area contributed by atoms with Crippen LogP contribution in [0.1, 0.15) is 17.0 Å². The molecule has 22 heavy (non-hydrogen) atoms. The van der Waals surface area contributed by atoms with Gasteiger partial charge in [-0.1, -0.05) is 18.2 Å². The molecule has 2 aromatic rings. The Bertz CT molecular complexity index is 712. The summed E-state index contributed by atoms with van der Waals surface area (Å²) < 4.78 is 0. The van der Waals surface area contributed by atoms with Gasteiger partial charge in [0.05, 0.1) is 10.8 Å². The number of rotatable bonds is 5. The molecule has 0 radical (unpaired) electrons. The van der Waals surface area contributed by atoms with Crippen molar-refractivity contribution in [1.29, 1.82) is 0 Å². The van der Waals surface area contributed by atoms with E-state index < -0.39 is 28.2 Å². The summed E-state index contributed by atoms with van der Waals surface area (Å²) >= 11 is 0. The zero-order valence-corrected chi connectivity index (χ0v) is 11.5. The lowest BCUT2D eigenvalue weighted by Gasteiger charge is -2.13. The molecule has 0 aromatic heterocycles. The molecule has 0 aliphatic carbocycles. The maximum atomic E-state index is 11.5. The molecule has 1 atom stereocenters. The molecule has 0 bridgehead atoms. The molecule has 0 amide bonds. The van der Waals surface area contributed by atoms with Crippen LogP contribution in [0.4, 0.5) is 11.4 Å². The molecule has 0 aliphatic rings. The van der Waals surface area contributed by atoms with Crippen molar-refractivity contribution in [3.63, 3.8) is 0 Å². The Morgan fingerprint density at radius 1 is 1.23 bits per heavy atom. The van der Waals surface area contributed by atoms with E-state index in [0.29, 0.717) is 16.8 Å². The van der Waals surface area contributed by atoms with Crippen molar-refractivity contribution in [1.82, 2.24) is 0 Å². The maximum absolute atomic E-state index is 11.5. The highest BCUT2D eigenvalue weighted by Crippen LogP contribution is 2.29. The van der Waals surface area contributed by atoms with Crippen molar-refractivity contribution in [3.05, 3.63) is 63.7 Å². The van der Waals surface area contributed by atoms with Crippen LogP contribution in [0.2, 0.25) is 0 Å². The van der Waals surface area contributed by atoms with Gasteiger partial charge in [0, 0.05) is 11.8 Å². The van der Waals surface area contributed by atoms with Crippen molar-refractivity contribution >= 4 is 17.3 Å². The summed E-state index contributed by atoms with van der Waals surface area (Å²) in [7, 11) is 0. The van der Waals surface area contributed by atoms with Crippen molar-refractivity contribution < 1.29 is 19.9 Å². The van der Waals surface area contributed by atoms with Gasteiger partial charge < -0.3 is 15.9 Å². The van der Waals surface area contributed by atoms with Crippen LogP contribution in [-0.4, -0.2) is 21.1 Å². The number of aliphatic carboxylic acids is 1. The lowest BCUT2D eigenvalue weighted by atomic mass is 9.91. The van der Waals surface area contributed by atoms with Gasteiger partial charge in [0.2, 0.25) is 0 Å². The Hall–Kier alpha value is -3.09.